The monoisotopic (exact) mass is 250 g/mol. The molecular weight excluding hydrogens is 236 g/mol. The van der Waals surface area contributed by atoms with Crippen LogP contribution in [0.4, 0.5) is 0 Å². The Morgan fingerprint density at radius 3 is 2.37 bits per heavy atom. The molecule has 0 aliphatic carbocycles. The molecule has 1 heterocycles. The van der Waals surface area contributed by atoms with Crippen LogP contribution in [0.25, 0.3) is 22.8 Å². The van der Waals surface area contributed by atoms with E-state index in [4.69, 9.17) is 4.52 Å². The molecule has 3 rings (SSSR count). The number of benzene rings is 2. The van der Waals surface area contributed by atoms with Crippen molar-refractivity contribution < 1.29 is 4.52 Å². The molecular formula is C16H14N2O. The zero-order valence-electron chi connectivity index (χ0n) is 10.9. The molecule has 0 N–H and O–H groups in total. The fourth-order valence-corrected chi connectivity index (χ4v) is 1.92. The van der Waals surface area contributed by atoms with Crippen LogP contribution in [0.3, 0.4) is 0 Å². The third-order valence-electron chi connectivity index (χ3n) is 3.21. The fraction of sp³-hybridized carbons (Fsp3) is 0.125. The lowest BCUT2D eigenvalue weighted by Gasteiger charge is -2.00. The van der Waals surface area contributed by atoms with E-state index in [1.54, 1.807) is 0 Å². The van der Waals surface area contributed by atoms with Crippen LogP contribution in [-0.4, -0.2) is 10.1 Å². The van der Waals surface area contributed by atoms with Crippen LogP contribution >= 0.6 is 0 Å². The lowest BCUT2D eigenvalue weighted by atomic mass is 10.1. The highest BCUT2D eigenvalue weighted by atomic mass is 16.5. The predicted octanol–water partition coefficient (Wildman–Crippen LogP) is 4.02. The molecule has 0 amide bonds. The minimum Gasteiger partial charge on any atom is -0.334 e. The molecule has 0 radical (unpaired) electrons. The van der Waals surface area contributed by atoms with Gasteiger partial charge in [0.15, 0.2) is 0 Å². The van der Waals surface area contributed by atoms with Gasteiger partial charge in [-0.3, -0.25) is 0 Å². The molecule has 0 aliphatic rings. The van der Waals surface area contributed by atoms with Crippen molar-refractivity contribution in [1.29, 1.82) is 0 Å². The third kappa shape index (κ3) is 2.27. The molecule has 2 aromatic carbocycles. The summed E-state index contributed by atoms with van der Waals surface area (Å²) in [5.74, 6) is 1.18. The van der Waals surface area contributed by atoms with Gasteiger partial charge in [0.05, 0.1) is 0 Å². The lowest BCUT2D eigenvalue weighted by Crippen LogP contribution is -1.85. The fourth-order valence-electron chi connectivity index (χ4n) is 1.92. The highest BCUT2D eigenvalue weighted by Gasteiger charge is 2.10. The van der Waals surface area contributed by atoms with Crippen molar-refractivity contribution in [3.8, 4) is 22.8 Å². The first-order valence-corrected chi connectivity index (χ1v) is 6.21. The summed E-state index contributed by atoms with van der Waals surface area (Å²) in [6, 6.07) is 15.9. The standard InChI is InChI=1S/C16H14N2O/c1-11-8-9-14(10-12(11)2)15-17-16(19-18-15)13-6-4-3-5-7-13/h3-10H,1-2H3. The number of hydrogen-bond acceptors (Lipinski definition) is 3. The molecule has 0 atom stereocenters. The molecule has 3 aromatic rings. The maximum absolute atomic E-state index is 5.31. The highest BCUT2D eigenvalue weighted by Crippen LogP contribution is 2.23. The first-order chi connectivity index (χ1) is 9.24. The summed E-state index contributed by atoms with van der Waals surface area (Å²) >= 11 is 0. The third-order valence-corrected chi connectivity index (χ3v) is 3.21. The van der Waals surface area contributed by atoms with Crippen molar-refractivity contribution in [3.63, 3.8) is 0 Å². The molecule has 94 valence electrons. The van der Waals surface area contributed by atoms with Crippen LogP contribution < -0.4 is 0 Å². The Kier molecular flexibility index (Phi) is 2.88. The second-order valence-corrected chi connectivity index (χ2v) is 4.59. The highest BCUT2D eigenvalue weighted by molar-refractivity contribution is 5.60. The molecule has 0 fully saturated rings. The van der Waals surface area contributed by atoms with Gasteiger partial charge in [0.2, 0.25) is 5.82 Å². The number of aromatic nitrogens is 2. The van der Waals surface area contributed by atoms with E-state index in [0.717, 1.165) is 11.1 Å². The number of nitrogens with zero attached hydrogens (tertiary/aromatic N) is 2. The van der Waals surface area contributed by atoms with Crippen LogP contribution in [0.5, 0.6) is 0 Å². The Hall–Kier alpha value is -2.42. The summed E-state index contributed by atoms with van der Waals surface area (Å²) in [5, 5.41) is 4.05. The molecule has 3 nitrogen and oxygen atoms in total. The minimum atomic E-state index is 0.550. The molecule has 19 heavy (non-hydrogen) atoms. The van der Waals surface area contributed by atoms with E-state index in [2.05, 4.69) is 36.1 Å². The van der Waals surface area contributed by atoms with Gasteiger partial charge in [-0.2, -0.15) is 4.98 Å². The van der Waals surface area contributed by atoms with Gasteiger partial charge >= 0.3 is 0 Å². The average Bonchev–Trinajstić information content (AvgIpc) is 2.93. The summed E-state index contributed by atoms with van der Waals surface area (Å²) in [6.07, 6.45) is 0. The predicted molar refractivity (Wildman–Crippen MR) is 74.6 cm³/mol. The number of rotatable bonds is 2. The number of aryl methyl sites for hydroxylation is 2. The van der Waals surface area contributed by atoms with E-state index < -0.39 is 0 Å². The topological polar surface area (TPSA) is 38.9 Å². The summed E-state index contributed by atoms with van der Waals surface area (Å²) in [6.45, 7) is 4.17. The molecule has 3 heteroatoms. The van der Waals surface area contributed by atoms with E-state index in [1.165, 1.54) is 11.1 Å². The molecule has 0 unspecified atom stereocenters. The molecule has 0 bridgehead atoms. The second-order valence-electron chi connectivity index (χ2n) is 4.59. The normalized spacial score (nSPS) is 10.6. The summed E-state index contributed by atoms with van der Waals surface area (Å²) < 4.78 is 5.31. The quantitative estimate of drug-likeness (QED) is 0.689. The van der Waals surface area contributed by atoms with Gasteiger partial charge in [-0.25, -0.2) is 0 Å². The minimum absolute atomic E-state index is 0.550. The zero-order chi connectivity index (χ0) is 13.2. The molecule has 0 aliphatic heterocycles. The van der Waals surface area contributed by atoms with Crippen molar-refractivity contribution in [2.24, 2.45) is 0 Å². The van der Waals surface area contributed by atoms with Crippen LogP contribution in [0.1, 0.15) is 11.1 Å². The largest absolute Gasteiger partial charge is 0.334 e. The van der Waals surface area contributed by atoms with Crippen LogP contribution in [0.15, 0.2) is 53.1 Å². The summed E-state index contributed by atoms with van der Waals surface area (Å²) in [7, 11) is 0. The Bertz CT molecular complexity index is 702. The van der Waals surface area contributed by atoms with Crippen molar-refractivity contribution >= 4 is 0 Å². The lowest BCUT2D eigenvalue weighted by molar-refractivity contribution is 0.432. The average molecular weight is 250 g/mol. The molecule has 1 aromatic heterocycles. The van der Waals surface area contributed by atoms with Gasteiger partial charge in [-0.1, -0.05) is 35.5 Å². The van der Waals surface area contributed by atoms with E-state index in [9.17, 15) is 0 Å². The Balaban J connectivity index is 1.99. The van der Waals surface area contributed by atoms with E-state index in [-0.39, 0.29) is 0 Å². The van der Waals surface area contributed by atoms with Gasteiger partial charge in [0.1, 0.15) is 0 Å². The van der Waals surface area contributed by atoms with Gasteiger partial charge in [0, 0.05) is 11.1 Å². The smallest absolute Gasteiger partial charge is 0.258 e. The van der Waals surface area contributed by atoms with Gasteiger partial charge < -0.3 is 4.52 Å². The van der Waals surface area contributed by atoms with Crippen molar-refractivity contribution in [2.45, 2.75) is 13.8 Å². The first-order valence-electron chi connectivity index (χ1n) is 6.21. The van der Waals surface area contributed by atoms with Gasteiger partial charge in [-0.15, -0.1) is 0 Å². The SMILES string of the molecule is Cc1ccc(-c2noc(-c3ccccc3)n2)cc1C. The van der Waals surface area contributed by atoms with E-state index in [1.807, 2.05) is 36.4 Å². The summed E-state index contributed by atoms with van der Waals surface area (Å²) in [4.78, 5) is 4.44. The van der Waals surface area contributed by atoms with E-state index in [0.29, 0.717) is 11.7 Å². The van der Waals surface area contributed by atoms with Crippen molar-refractivity contribution in [3.05, 3.63) is 59.7 Å². The van der Waals surface area contributed by atoms with Gasteiger partial charge in [-0.05, 0) is 43.2 Å². The Labute approximate surface area is 111 Å². The summed E-state index contributed by atoms with van der Waals surface area (Å²) in [5.41, 5.74) is 4.40. The molecule has 0 spiro atoms. The van der Waals surface area contributed by atoms with Crippen LogP contribution in [0.2, 0.25) is 0 Å². The second kappa shape index (κ2) is 4.69. The molecule has 0 saturated heterocycles. The molecule has 0 saturated carbocycles. The maximum atomic E-state index is 5.31. The van der Waals surface area contributed by atoms with Gasteiger partial charge in [0.25, 0.3) is 5.89 Å². The first kappa shape index (κ1) is 11.7. The van der Waals surface area contributed by atoms with Crippen molar-refractivity contribution in [2.75, 3.05) is 0 Å². The Morgan fingerprint density at radius 1 is 0.842 bits per heavy atom. The van der Waals surface area contributed by atoms with Crippen LogP contribution in [-0.2, 0) is 0 Å². The van der Waals surface area contributed by atoms with Crippen LogP contribution in [0, 0.1) is 13.8 Å². The Morgan fingerprint density at radius 2 is 1.63 bits per heavy atom. The van der Waals surface area contributed by atoms with E-state index >= 15 is 0 Å². The van der Waals surface area contributed by atoms with Crippen molar-refractivity contribution in [1.82, 2.24) is 10.1 Å². The number of hydrogen-bond donors (Lipinski definition) is 0. The zero-order valence-corrected chi connectivity index (χ0v) is 10.9. The maximum Gasteiger partial charge on any atom is 0.258 e.